The molecule has 1 amide bonds. The predicted octanol–water partition coefficient (Wildman–Crippen LogP) is 2.61. The molecule has 0 fully saturated rings. The third-order valence-electron chi connectivity index (χ3n) is 3.79. The highest BCUT2D eigenvalue weighted by Crippen LogP contribution is 2.15. The van der Waals surface area contributed by atoms with Crippen LogP contribution in [0.15, 0.2) is 73.3 Å². The highest BCUT2D eigenvalue weighted by Gasteiger charge is 2.12. The Bertz CT molecular complexity index is 768. The molecule has 0 radical (unpaired) electrons. The number of carbonyl (C=O) groups is 1. The van der Waals surface area contributed by atoms with Gasteiger partial charge in [0.05, 0.1) is 18.9 Å². The molecule has 3 rings (SSSR count). The van der Waals surface area contributed by atoms with Crippen LogP contribution in [0.3, 0.4) is 0 Å². The van der Waals surface area contributed by atoms with E-state index in [2.05, 4.69) is 10.3 Å². The molecule has 24 heavy (non-hydrogen) atoms. The van der Waals surface area contributed by atoms with Crippen LogP contribution in [-0.4, -0.2) is 20.6 Å². The van der Waals surface area contributed by atoms with Crippen LogP contribution in [0.2, 0.25) is 0 Å². The third kappa shape index (κ3) is 4.08. The molecule has 2 aromatic carbocycles. The maximum atomic E-state index is 12.0. The average Bonchev–Trinajstić information content (AvgIpc) is 3.16. The Labute approximate surface area is 140 Å². The molecule has 5 nitrogen and oxygen atoms in total. The quantitative estimate of drug-likeness (QED) is 0.733. The summed E-state index contributed by atoms with van der Waals surface area (Å²) in [7, 11) is 0. The molecule has 1 heterocycles. The highest BCUT2D eigenvalue weighted by atomic mass is 16.3. The minimum Gasteiger partial charge on any atom is -0.388 e. The molecular weight excluding hydrogens is 302 g/mol. The largest absolute Gasteiger partial charge is 0.388 e. The van der Waals surface area contributed by atoms with Crippen molar-refractivity contribution in [2.45, 2.75) is 19.1 Å². The van der Waals surface area contributed by atoms with Gasteiger partial charge in [0.1, 0.15) is 0 Å². The van der Waals surface area contributed by atoms with Crippen LogP contribution in [0.5, 0.6) is 0 Å². The molecule has 0 bridgehead atoms. The molecule has 0 spiro atoms. The molecule has 2 N–H and O–H groups in total. The lowest BCUT2D eigenvalue weighted by atomic mass is 10.1. The van der Waals surface area contributed by atoms with Gasteiger partial charge in [-0.25, -0.2) is 4.98 Å². The number of amides is 1. The number of hydrogen-bond acceptors (Lipinski definition) is 3. The fourth-order valence-electron chi connectivity index (χ4n) is 2.44. The topological polar surface area (TPSA) is 67.2 Å². The van der Waals surface area contributed by atoms with Gasteiger partial charge < -0.3 is 15.0 Å². The van der Waals surface area contributed by atoms with Crippen molar-refractivity contribution in [3.05, 3.63) is 84.4 Å². The van der Waals surface area contributed by atoms with Crippen molar-refractivity contribution >= 4 is 5.91 Å². The number of aliphatic hydroxyl groups excluding tert-OH is 1. The van der Waals surface area contributed by atoms with E-state index in [0.717, 1.165) is 16.8 Å². The SMILES string of the molecule is O=C(CC(O)c1ccccc1)NCc1ccc(-n2ccnc2)cc1. The van der Waals surface area contributed by atoms with E-state index in [9.17, 15) is 9.90 Å². The van der Waals surface area contributed by atoms with Crippen LogP contribution in [0.4, 0.5) is 0 Å². The molecule has 5 heteroatoms. The van der Waals surface area contributed by atoms with E-state index in [4.69, 9.17) is 0 Å². The Morgan fingerprint density at radius 3 is 2.54 bits per heavy atom. The molecule has 0 aliphatic heterocycles. The first-order valence-corrected chi connectivity index (χ1v) is 7.79. The normalized spacial score (nSPS) is 11.9. The van der Waals surface area contributed by atoms with Crippen LogP contribution in [-0.2, 0) is 11.3 Å². The second kappa shape index (κ2) is 7.57. The zero-order valence-electron chi connectivity index (χ0n) is 13.2. The number of aliphatic hydroxyl groups is 1. The second-order valence-corrected chi connectivity index (χ2v) is 5.54. The molecular formula is C19H19N3O2. The lowest BCUT2D eigenvalue weighted by molar-refractivity contribution is -0.123. The lowest BCUT2D eigenvalue weighted by Crippen LogP contribution is -2.24. The first kappa shape index (κ1) is 16.0. The maximum absolute atomic E-state index is 12.0. The van der Waals surface area contributed by atoms with Crippen molar-refractivity contribution in [3.8, 4) is 5.69 Å². The second-order valence-electron chi connectivity index (χ2n) is 5.54. The van der Waals surface area contributed by atoms with Gasteiger partial charge in [-0.3, -0.25) is 4.79 Å². The van der Waals surface area contributed by atoms with Crippen molar-refractivity contribution in [2.75, 3.05) is 0 Å². The molecule has 0 saturated carbocycles. The standard InChI is InChI=1S/C19H19N3O2/c23-18(16-4-2-1-3-5-16)12-19(24)21-13-15-6-8-17(9-7-15)22-11-10-20-14-22/h1-11,14,18,23H,12-13H2,(H,21,24). The zero-order valence-corrected chi connectivity index (χ0v) is 13.2. The van der Waals surface area contributed by atoms with Crippen LogP contribution >= 0.6 is 0 Å². The van der Waals surface area contributed by atoms with Gasteiger partial charge in [-0.1, -0.05) is 42.5 Å². The van der Waals surface area contributed by atoms with E-state index in [0.29, 0.717) is 6.54 Å². The Morgan fingerprint density at radius 1 is 1.12 bits per heavy atom. The fourth-order valence-corrected chi connectivity index (χ4v) is 2.44. The molecule has 0 saturated heterocycles. The number of benzene rings is 2. The van der Waals surface area contributed by atoms with Crippen LogP contribution < -0.4 is 5.32 Å². The molecule has 0 aliphatic carbocycles. The maximum Gasteiger partial charge on any atom is 0.223 e. The molecule has 1 atom stereocenters. The van der Waals surface area contributed by atoms with Crippen molar-refractivity contribution < 1.29 is 9.90 Å². The number of rotatable bonds is 6. The molecule has 122 valence electrons. The van der Waals surface area contributed by atoms with E-state index in [1.807, 2.05) is 65.4 Å². The summed E-state index contributed by atoms with van der Waals surface area (Å²) in [6.07, 6.45) is 4.61. The monoisotopic (exact) mass is 321 g/mol. The van der Waals surface area contributed by atoms with Crippen molar-refractivity contribution in [1.82, 2.24) is 14.9 Å². The summed E-state index contributed by atoms with van der Waals surface area (Å²) in [5.41, 5.74) is 2.76. The van der Waals surface area contributed by atoms with Gasteiger partial charge in [0.25, 0.3) is 0 Å². The predicted molar refractivity (Wildman–Crippen MR) is 91.4 cm³/mol. The average molecular weight is 321 g/mol. The number of imidazole rings is 1. The smallest absolute Gasteiger partial charge is 0.223 e. The zero-order chi connectivity index (χ0) is 16.8. The summed E-state index contributed by atoms with van der Waals surface area (Å²) in [5, 5.41) is 12.9. The molecule has 1 unspecified atom stereocenters. The van der Waals surface area contributed by atoms with Gasteiger partial charge in [-0.15, -0.1) is 0 Å². The van der Waals surface area contributed by atoms with Crippen LogP contribution in [0.1, 0.15) is 23.7 Å². The van der Waals surface area contributed by atoms with Gasteiger partial charge in [-0.05, 0) is 23.3 Å². The van der Waals surface area contributed by atoms with Crippen molar-refractivity contribution in [3.63, 3.8) is 0 Å². The minimum absolute atomic E-state index is 0.0527. The van der Waals surface area contributed by atoms with E-state index in [-0.39, 0.29) is 12.3 Å². The summed E-state index contributed by atoms with van der Waals surface area (Å²) in [6.45, 7) is 0.435. The van der Waals surface area contributed by atoms with Gasteiger partial charge in [-0.2, -0.15) is 0 Å². The summed E-state index contributed by atoms with van der Waals surface area (Å²) in [5.74, 6) is -0.176. The number of carbonyl (C=O) groups excluding carboxylic acids is 1. The van der Waals surface area contributed by atoms with E-state index >= 15 is 0 Å². The highest BCUT2D eigenvalue weighted by molar-refractivity contribution is 5.76. The first-order chi connectivity index (χ1) is 11.7. The number of aromatic nitrogens is 2. The molecule has 1 aromatic heterocycles. The Hall–Kier alpha value is -2.92. The summed E-state index contributed by atoms with van der Waals surface area (Å²) in [4.78, 5) is 16.0. The number of nitrogens with zero attached hydrogens (tertiary/aromatic N) is 2. The Balaban J connectivity index is 1.51. The van der Waals surface area contributed by atoms with Gasteiger partial charge in [0, 0.05) is 24.6 Å². The van der Waals surface area contributed by atoms with Gasteiger partial charge in [0.15, 0.2) is 0 Å². The Morgan fingerprint density at radius 2 is 1.88 bits per heavy atom. The fraction of sp³-hybridized carbons (Fsp3) is 0.158. The number of nitrogens with one attached hydrogen (secondary N) is 1. The van der Waals surface area contributed by atoms with Crippen molar-refractivity contribution in [1.29, 1.82) is 0 Å². The van der Waals surface area contributed by atoms with E-state index in [1.165, 1.54) is 0 Å². The lowest BCUT2D eigenvalue weighted by Gasteiger charge is -2.11. The van der Waals surface area contributed by atoms with E-state index < -0.39 is 6.10 Å². The van der Waals surface area contributed by atoms with Gasteiger partial charge in [0.2, 0.25) is 5.91 Å². The van der Waals surface area contributed by atoms with E-state index in [1.54, 1.807) is 12.5 Å². The molecule has 3 aromatic rings. The Kier molecular flexibility index (Phi) is 5.03. The van der Waals surface area contributed by atoms with Crippen LogP contribution in [0.25, 0.3) is 5.69 Å². The van der Waals surface area contributed by atoms with Gasteiger partial charge >= 0.3 is 0 Å². The summed E-state index contributed by atoms with van der Waals surface area (Å²) >= 11 is 0. The summed E-state index contributed by atoms with van der Waals surface area (Å²) in [6, 6.07) is 17.1. The van der Waals surface area contributed by atoms with Crippen LogP contribution in [0, 0.1) is 0 Å². The number of hydrogen-bond donors (Lipinski definition) is 2. The first-order valence-electron chi connectivity index (χ1n) is 7.79. The summed E-state index contributed by atoms with van der Waals surface area (Å²) < 4.78 is 1.92. The molecule has 0 aliphatic rings. The third-order valence-corrected chi connectivity index (χ3v) is 3.79. The van der Waals surface area contributed by atoms with Crippen molar-refractivity contribution in [2.24, 2.45) is 0 Å². The minimum atomic E-state index is -0.783.